The van der Waals surface area contributed by atoms with Crippen LogP contribution in [0.1, 0.15) is 11.1 Å². The third-order valence-corrected chi connectivity index (χ3v) is 4.00. The second kappa shape index (κ2) is 7.82. The van der Waals surface area contributed by atoms with E-state index in [0.717, 1.165) is 11.1 Å². The van der Waals surface area contributed by atoms with Gasteiger partial charge in [0.05, 0.1) is 0 Å². The van der Waals surface area contributed by atoms with Gasteiger partial charge in [-0.25, -0.2) is 0 Å². The van der Waals surface area contributed by atoms with Crippen molar-refractivity contribution < 1.29 is 20.4 Å². The van der Waals surface area contributed by atoms with Crippen molar-refractivity contribution in [1.82, 2.24) is 0 Å². The van der Waals surface area contributed by atoms with E-state index in [1.54, 1.807) is 24.3 Å². The van der Waals surface area contributed by atoms with E-state index in [0.29, 0.717) is 12.8 Å². The summed E-state index contributed by atoms with van der Waals surface area (Å²) in [5, 5.41) is 38.0. The molecule has 4 nitrogen and oxygen atoms in total. The van der Waals surface area contributed by atoms with Gasteiger partial charge in [0, 0.05) is 13.2 Å². The van der Waals surface area contributed by atoms with Crippen molar-refractivity contribution in [3.63, 3.8) is 0 Å². The van der Waals surface area contributed by atoms with Crippen LogP contribution >= 0.6 is 0 Å². The molecule has 2 rings (SSSR count). The van der Waals surface area contributed by atoms with Crippen LogP contribution in [0.3, 0.4) is 0 Å². The largest absolute Gasteiger partial charge is 0.508 e. The lowest BCUT2D eigenvalue weighted by atomic mass is 9.83. The molecule has 0 aliphatic carbocycles. The van der Waals surface area contributed by atoms with Gasteiger partial charge < -0.3 is 20.4 Å². The van der Waals surface area contributed by atoms with Gasteiger partial charge in [-0.1, -0.05) is 24.3 Å². The van der Waals surface area contributed by atoms with Gasteiger partial charge in [0.1, 0.15) is 11.5 Å². The number of phenolic OH excluding ortho intramolecular Hbond substituents is 2. The Morgan fingerprint density at radius 3 is 1.18 bits per heavy atom. The molecule has 0 aliphatic rings. The van der Waals surface area contributed by atoms with Gasteiger partial charge in [0.25, 0.3) is 0 Å². The van der Waals surface area contributed by atoms with Gasteiger partial charge >= 0.3 is 0 Å². The molecule has 4 N–H and O–H groups in total. The minimum atomic E-state index is -0.0663. The van der Waals surface area contributed by atoms with Crippen LogP contribution in [0.4, 0.5) is 0 Å². The molecular formula is C18H22O4. The smallest absolute Gasteiger partial charge is 0.115 e. The van der Waals surface area contributed by atoms with Crippen molar-refractivity contribution in [2.45, 2.75) is 12.8 Å². The van der Waals surface area contributed by atoms with E-state index < -0.39 is 0 Å². The van der Waals surface area contributed by atoms with Gasteiger partial charge in [-0.2, -0.15) is 0 Å². The van der Waals surface area contributed by atoms with Gasteiger partial charge in [0.15, 0.2) is 0 Å². The van der Waals surface area contributed by atoms with Gasteiger partial charge in [-0.05, 0) is 60.1 Å². The van der Waals surface area contributed by atoms with Crippen molar-refractivity contribution in [2.75, 3.05) is 13.2 Å². The highest BCUT2D eigenvalue weighted by atomic mass is 16.3. The lowest BCUT2D eigenvalue weighted by Gasteiger charge is -2.24. The standard InChI is InChI=1S/C18H22O4/c19-11-15(9-13-1-5-17(21)6-2-13)16(12-20)10-14-3-7-18(22)8-4-14/h1-8,15-16,19-22H,9-12H2/t15-,16-/m0/s1. The number of hydrogen-bond donors (Lipinski definition) is 4. The number of phenols is 2. The Bertz CT molecular complexity index is 509. The Labute approximate surface area is 130 Å². The highest BCUT2D eigenvalue weighted by Gasteiger charge is 2.21. The Balaban J connectivity index is 2.05. The van der Waals surface area contributed by atoms with Crippen molar-refractivity contribution in [3.8, 4) is 11.5 Å². The highest BCUT2D eigenvalue weighted by molar-refractivity contribution is 5.27. The SMILES string of the molecule is OC[C@H](Cc1ccc(O)cc1)[C@H](CO)Cc1ccc(O)cc1. The van der Waals surface area contributed by atoms with E-state index in [2.05, 4.69) is 0 Å². The first-order valence-corrected chi connectivity index (χ1v) is 7.40. The van der Waals surface area contributed by atoms with Gasteiger partial charge in [-0.3, -0.25) is 0 Å². The second-order valence-corrected chi connectivity index (χ2v) is 5.63. The van der Waals surface area contributed by atoms with Gasteiger partial charge in [0.2, 0.25) is 0 Å². The third kappa shape index (κ3) is 4.48. The fourth-order valence-electron chi connectivity index (χ4n) is 2.63. The van der Waals surface area contributed by atoms with Crippen LogP contribution in [-0.4, -0.2) is 33.6 Å². The summed E-state index contributed by atoms with van der Waals surface area (Å²) < 4.78 is 0. The van der Waals surface area contributed by atoms with Crippen LogP contribution in [0.15, 0.2) is 48.5 Å². The average Bonchev–Trinajstić information content (AvgIpc) is 2.54. The molecule has 0 radical (unpaired) electrons. The van der Waals surface area contributed by atoms with Crippen LogP contribution in [0.5, 0.6) is 11.5 Å². The fraction of sp³-hybridized carbons (Fsp3) is 0.333. The summed E-state index contributed by atoms with van der Waals surface area (Å²) in [7, 11) is 0. The minimum Gasteiger partial charge on any atom is -0.508 e. The third-order valence-electron chi connectivity index (χ3n) is 4.00. The number of aromatic hydroxyl groups is 2. The lowest BCUT2D eigenvalue weighted by molar-refractivity contribution is 0.119. The summed E-state index contributed by atoms with van der Waals surface area (Å²) in [6, 6.07) is 13.8. The zero-order chi connectivity index (χ0) is 15.9. The summed E-state index contributed by atoms with van der Waals surface area (Å²) >= 11 is 0. The van der Waals surface area contributed by atoms with Crippen LogP contribution in [0, 0.1) is 11.8 Å². The maximum absolute atomic E-state index is 9.67. The van der Waals surface area contributed by atoms with Gasteiger partial charge in [-0.15, -0.1) is 0 Å². The maximum Gasteiger partial charge on any atom is 0.115 e. The van der Waals surface area contributed by atoms with E-state index in [-0.39, 0.29) is 36.5 Å². The van der Waals surface area contributed by atoms with E-state index in [1.165, 1.54) is 0 Å². The molecule has 0 unspecified atom stereocenters. The summed E-state index contributed by atoms with van der Waals surface area (Å²) in [5.41, 5.74) is 2.03. The number of rotatable bonds is 7. The molecule has 4 heteroatoms. The molecule has 2 aromatic rings. The Hall–Kier alpha value is -2.04. The van der Waals surface area contributed by atoms with E-state index in [4.69, 9.17) is 0 Å². The van der Waals surface area contributed by atoms with Crippen molar-refractivity contribution >= 4 is 0 Å². The van der Waals surface area contributed by atoms with Crippen LogP contribution in [0.2, 0.25) is 0 Å². The summed E-state index contributed by atoms with van der Waals surface area (Å²) in [6.07, 6.45) is 1.28. The summed E-state index contributed by atoms with van der Waals surface area (Å²) in [6.45, 7) is -0.0195. The number of benzene rings is 2. The number of aliphatic hydroxyl groups is 2. The first kappa shape index (κ1) is 16.3. The molecule has 2 aromatic carbocycles. The lowest BCUT2D eigenvalue weighted by Crippen LogP contribution is -2.26. The number of aliphatic hydroxyl groups excluding tert-OH is 2. The Morgan fingerprint density at radius 2 is 0.909 bits per heavy atom. The van der Waals surface area contributed by atoms with Crippen molar-refractivity contribution in [2.24, 2.45) is 11.8 Å². The Morgan fingerprint density at radius 1 is 0.591 bits per heavy atom. The predicted molar refractivity (Wildman–Crippen MR) is 84.8 cm³/mol. The molecule has 22 heavy (non-hydrogen) atoms. The molecule has 0 bridgehead atoms. The average molecular weight is 302 g/mol. The fourth-order valence-corrected chi connectivity index (χ4v) is 2.63. The molecule has 0 spiro atoms. The quantitative estimate of drug-likeness (QED) is 0.631. The highest BCUT2D eigenvalue weighted by Crippen LogP contribution is 2.23. The zero-order valence-electron chi connectivity index (χ0n) is 12.4. The molecule has 0 saturated heterocycles. The monoisotopic (exact) mass is 302 g/mol. The van der Waals surface area contributed by atoms with Crippen molar-refractivity contribution in [1.29, 1.82) is 0 Å². The minimum absolute atomic E-state index is 0.00974. The molecule has 0 aromatic heterocycles. The first-order chi connectivity index (χ1) is 10.6. The van der Waals surface area contributed by atoms with E-state index in [1.807, 2.05) is 24.3 Å². The van der Waals surface area contributed by atoms with Crippen molar-refractivity contribution in [3.05, 3.63) is 59.7 Å². The maximum atomic E-state index is 9.67. The summed E-state index contributed by atoms with van der Waals surface area (Å²) in [4.78, 5) is 0. The Kier molecular flexibility index (Phi) is 5.81. The molecule has 0 amide bonds. The molecule has 118 valence electrons. The number of hydrogen-bond acceptors (Lipinski definition) is 4. The van der Waals surface area contributed by atoms with E-state index >= 15 is 0 Å². The van der Waals surface area contributed by atoms with Crippen LogP contribution in [0.25, 0.3) is 0 Å². The molecule has 0 fully saturated rings. The van der Waals surface area contributed by atoms with Crippen LogP contribution in [-0.2, 0) is 12.8 Å². The molecule has 2 atom stereocenters. The second-order valence-electron chi connectivity index (χ2n) is 5.63. The molecular weight excluding hydrogens is 280 g/mol. The normalized spacial score (nSPS) is 13.7. The van der Waals surface area contributed by atoms with Crippen LogP contribution < -0.4 is 0 Å². The zero-order valence-corrected chi connectivity index (χ0v) is 12.4. The van der Waals surface area contributed by atoms with E-state index in [9.17, 15) is 20.4 Å². The first-order valence-electron chi connectivity index (χ1n) is 7.40. The topological polar surface area (TPSA) is 80.9 Å². The molecule has 0 aliphatic heterocycles. The molecule has 0 saturated carbocycles. The molecule has 0 heterocycles. The summed E-state index contributed by atoms with van der Waals surface area (Å²) in [5.74, 6) is 0.297. The predicted octanol–water partition coefficient (Wildman–Crippen LogP) is 2.10.